The Balaban J connectivity index is 2.25. The van der Waals surface area contributed by atoms with Gasteiger partial charge in [-0.15, -0.1) is 0 Å². The van der Waals surface area contributed by atoms with Crippen molar-refractivity contribution in [3.63, 3.8) is 0 Å². The number of carboxylic acid groups (broad SMARTS) is 2. The van der Waals surface area contributed by atoms with E-state index in [-0.39, 0.29) is 6.42 Å². The highest BCUT2D eigenvalue weighted by molar-refractivity contribution is 5.80. The first-order valence-electron chi connectivity index (χ1n) is 12.7. The lowest BCUT2D eigenvalue weighted by atomic mass is 9.90. The fraction of sp³-hybridized carbons (Fsp3) is 0.833. The van der Waals surface area contributed by atoms with Crippen molar-refractivity contribution < 1.29 is 68.4 Å². The first kappa shape index (κ1) is 32.8. The zero-order valence-corrected chi connectivity index (χ0v) is 22.4. The van der Waals surface area contributed by atoms with E-state index in [1.54, 1.807) is 6.92 Å². The lowest BCUT2D eigenvalue weighted by Crippen LogP contribution is -2.68. The highest BCUT2D eigenvalue weighted by Crippen LogP contribution is 2.30. The zero-order chi connectivity index (χ0) is 29.6. The number of aliphatic carboxylic acids is 2. The molecule has 15 heteroatoms. The number of hydrogen-bond acceptors (Lipinski definition) is 13. The molecule has 0 spiro atoms. The van der Waals surface area contributed by atoms with Gasteiger partial charge in [0.25, 0.3) is 0 Å². The van der Waals surface area contributed by atoms with Crippen molar-refractivity contribution in [3.8, 4) is 0 Å². The lowest BCUT2D eigenvalue weighted by molar-refractivity contribution is -0.361. The summed E-state index contributed by atoms with van der Waals surface area (Å²) in [5.41, 5.74) is 0. The number of rotatable bonds is 12. The average molecular weight is 565 g/mol. The summed E-state index contributed by atoms with van der Waals surface area (Å²) in [6.45, 7) is 5.40. The fourth-order valence-corrected chi connectivity index (χ4v) is 4.75. The molecule has 5 N–H and O–H groups in total. The molecule has 10 unspecified atom stereocenters. The molecule has 2 aliphatic heterocycles. The molecule has 15 nitrogen and oxygen atoms in total. The maximum absolute atomic E-state index is 12.7. The van der Waals surface area contributed by atoms with Gasteiger partial charge in [-0.3, -0.25) is 14.4 Å². The Morgan fingerprint density at radius 3 is 2.21 bits per heavy atom. The van der Waals surface area contributed by atoms with Crippen LogP contribution >= 0.6 is 0 Å². The molecule has 0 radical (unpaired) electrons. The van der Waals surface area contributed by atoms with Gasteiger partial charge in [0.05, 0.1) is 30.0 Å². The minimum Gasteiger partial charge on any atom is -0.547 e. The number of methoxy groups -OCH3 is 1. The third kappa shape index (κ3) is 7.84. The predicted molar refractivity (Wildman–Crippen MR) is 125 cm³/mol. The number of amides is 1. The predicted octanol–water partition coefficient (Wildman–Crippen LogP) is -3.08. The van der Waals surface area contributed by atoms with Gasteiger partial charge in [0.2, 0.25) is 5.91 Å². The number of aliphatic hydroxyl groups excluding tert-OH is 3. The molecule has 2 rings (SSSR count). The number of ether oxygens (including phenoxy) is 5. The van der Waals surface area contributed by atoms with Crippen LogP contribution in [0.5, 0.6) is 0 Å². The molecule has 224 valence electrons. The second-order valence-electron chi connectivity index (χ2n) is 9.77. The van der Waals surface area contributed by atoms with Crippen molar-refractivity contribution in [2.75, 3.05) is 13.7 Å². The van der Waals surface area contributed by atoms with E-state index < -0.39 is 103 Å². The minimum absolute atomic E-state index is 0.258. The summed E-state index contributed by atoms with van der Waals surface area (Å²) in [6.07, 6.45) is -13.0. The largest absolute Gasteiger partial charge is 0.547 e. The standard InChI is InChI=1S/C24H39NO14/c1-6-7-12(9(2)21(30)31)23(34)36-8-13-15(27)18(14(10(3)37-13)25-11(4)26)38-24-17(29)16(28)19(35-5)20(39-24)22(32)33/h9-10,12-20,24,27-29H,6-8H2,1-5H3,(H,25,26)(H,30,31)(H,32,33)/p-1/t9-,10+,12?,13?,14?,15?,16?,17?,18?,19?,20?,24?/m0/s1. The van der Waals surface area contributed by atoms with E-state index in [2.05, 4.69) is 5.32 Å². The maximum Gasteiger partial charge on any atom is 0.309 e. The molecule has 2 aliphatic rings. The highest BCUT2D eigenvalue weighted by Gasteiger charge is 2.51. The van der Waals surface area contributed by atoms with Crippen LogP contribution in [0.15, 0.2) is 0 Å². The summed E-state index contributed by atoms with van der Waals surface area (Å²) >= 11 is 0. The molecule has 0 aromatic carbocycles. The Bertz CT molecular complexity index is 870. The number of carboxylic acids is 2. The normalized spacial score (nSPS) is 36.4. The molecule has 2 fully saturated rings. The first-order valence-corrected chi connectivity index (χ1v) is 12.7. The molecule has 39 heavy (non-hydrogen) atoms. The summed E-state index contributed by atoms with van der Waals surface area (Å²) in [5.74, 6) is -6.19. The monoisotopic (exact) mass is 564 g/mol. The number of carbonyl (C=O) groups is 4. The van der Waals surface area contributed by atoms with Gasteiger partial charge in [0.15, 0.2) is 6.29 Å². The van der Waals surface area contributed by atoms with Crippen molar-refractivity contribution in [1.82, 2.24) is 5.32 Å². The zero-order valence-electron chi connectivity index (χ0n) is 22.4. The average Bonchev–Trinajstić information content (AvgIpc) is 2.87. The van der Waals surface area contributed by atoms with E-state index in [1.807, 2.05) is 0 Å². The number of aliphatic hydroxyl groups is 3. The number of esters is 1. The summed E-state index contributed by atoms with van der Waals surface area (Å²) < 4.78 is 27.0. The molecule has 0 saturated carbocycles. The summed E-state index contributed by atoms with van der Waals surface area (Å²) in [7, 11) is 1.10. The molecule has 2 heterocycles. The van der Waals surface area contributed by atoms with Crippen LogP contribution < -0.4 is 10.4 Å². The molecule has 2 saturated heterocycles. The summed E-state index contributed by atoms with van der Waals surface area (Å²) in [4.78, 5) is 47.5. The first-order chi connectivity index (χ1) is 18.2. The van der Waals surface area contributed by atoms with Gasteiger partial charge in [-0.1, -0.05) is 20.3 Å². The van der Waals surface area contributed by atoms with Gasteiger partial charge in [0, 0.05) is 14.0 Å². The molecule has 0 aromatic rings. The number of carbonyl (C=O) groups excluding carboxylic acids is 3. The van der Waals surface area contributed by atoms with Crippen molar-refractivity contribution in [2.45, 2.75) is 102 Å². The molecule has 0 aliphatic carbocycles. The molecular formula is C24H38NO14-. The molecule has 12 atom stereocenters. The third-order valence-corrected chi connectivity index (χ3v) is 6.96. The number of hydrogen-bond donors (Lipinski definition) is 5. The Kier molecular flexibility index (Phi) is 12.0. The van der Waals surface area contributed by atoms with Crippen LogP contribution in [-0.4, -0.2) is 119 Å². The molecular weight excluding hydrogens is 526 g/mol. The number of nitrogens with one attached hydrogen (secondary N) is 1. The SMILES string of the molecule is CCCC(C(=O)OCC1O[C@H](C)C(NC(C)=O)C(OC2OC(C(=O)[O-])C(OC)C(O)C2O)C1O)[C@H](C)C(=O)O. The van der Waals surface area contributed by atoms with E-state index in [9.17, 15) is 44.7 Å². The van der Waals surface area contributed by atoms with Crippen LogP contribution in [0.3, 0.4) is 0 Å². The van der Waals surface area contributed by atoms with Crippen LogP contribution in [0.4, 0.5) is 0 Å². The van der Waals surface area contributed by atoms with E-state index >= 15 is 0 Å². The quantitative estimate of drug-likeness (QED) is 0.148. The Hall–Kier alpha value is -2.40. The lowest BCUT2D eigenvalue weighted by Gasteiger charge is -2.47. The van der Waals surface area contributed by atoms with Crippen molar-refractivity contribution in [1.29, 1.82) is 0 Å². The Morgan fingerprint density at radius 1 is 1.05 bits per heavy atom. The Labute approximate surface area is 225 Å². The highest BCUT2D eigenvalue weighted by atomic mass is 16.7. The summed E-state index contributed by atoms with van der Waals surface area (Å²) in [6, 6.07) is -1.04. The van der Waals surface area contributed by atoms with Crippen LogP contribution in [0, 0.1) is 11.8 Å². The van der Waals surface area contributed by atoms with Crippen molar-refractivity contribution in [2.24, 2.45) is 11.8 Å². The van der Waals surface area contributed by atoms with Gasteiger partial charge >= 0.3 is 11.9 Å². The molecule has 0 aromatic heterocycles. The topological polar surface area (TPSA) is 230 Å². The molecule has 0 bridgehead atoms. The van der Waals surface area contributed by atoms with Crippen LogP contribution in [0.1, 0.15) is 40.5 Å². The van der Waals surface area contributed by atoms with Crippen molar-refractivity contribution in [3.05, 3.63) is 0 Å². The van der Waals surface area contributed by atoms with E-state index in [4.69, 9.17) is 23.7 Å². The van der Waals surface area contributed by atoms with E-state index in [0.717, 1.165) is 7.11 Å². The van der Waals surface area contributed by atoms with Gasteiger partial charge < -0.3 is 59.3 Å². The van der Waals surface area contributed by atoms with Crippen LogP contribution in [-0.2, 0) is 42.9 Å². The smallest absolute Gasteiger partial charge is 0.309 e. The summed E-state index contributed by atoms with van der Waals surface area (Å²) in [5, 5.41) is 55.4. The Morgan fingerprint density at radius 2 is 1.69 bits per heavy atom. The van der Waals surface area contributed by atoms with Gasteiger partial charge in [-0.2, -0.15) is 0 Å². The van der Waals surface area contributed by atoms with Crippen molar-refractivity contribution >= 4 is 23.8 Å². The maximum atomic E-state index is 12.7. The van der Waals surface area contributed by atoms with E-state index in [1.165, 1.54) is 20.8 Å². The van der Waals surface area contributed by atoms with Crippen LogP contribution in [0.2, 0.25) is 0 Å². The molecule has 1 amide bonds. The van der Waals surface area contributed by atoms with Gasteiger partial charge in [0.1, 0.15) is 49.3 Å². The second-order valence-corrected chi connectivity index (χ2v) is 9.77. The van der Waals surface area contributed by atoms with Crippen LogP contribution in [0.25, 0.3) is 0 Å². The van der Waals surface area contributed by atoms with Gasteiger partial charge in [-0.25, -0.2) is 0 Å². The van der Waals surface area contributed by atoms with E-state index in [0.29, 0.717) is 6.42 Å². The van der Waals surface area contributed by atoms with Gasteiger partial charge in [-0.05, 0) is 13.3 Å². The minimum atomic E-state index is -1.84. The third-order valence-electron chi connectivity index (χ3n) is 6.96. The second kappa shape index (κ2) is 14.3. The fourth-order valence-electron chi connectivity index (χ4n) is 4.75.